The molecule has 1 aliphatic heterocycles. The Morgan fingerprint density at radius 1 is 1.12 bits per heavy atom. The molecule has 0 bridgehead atoms. The quantitative estimate of drug-likeness (QED) is 0.632. The van der Waals surface area contributed by atoms with Crippen LogP contribution in [0.5, 0.6) is 0 Å². The van der Waals surface area contributed by atoms with Crippen LogP contribution in [0.4, 0.5) is 0 Å². The number of esters is 1. The molecule has 0 aromatic heterocycles. The van der Waals surface area contributed by atoms with Crippen LogP contribution in [0.25, 0.3) is 0 Å². The number of carbonyl (C=O) groups is 2. The van der Waals surface area contributed by atoms with Crippen molar-refractivity contribution in [3.63, 3.8) is 0 Å². The lowest BCUT2D eigenvalue weighted by Crippen LogP contribution is -2.40. The Labute approximate surface area is 144 Å². The monoisotopic (exact) mass is 329 g/mol. The van der Waals surface area contributed by atoms with Gasteiger partial charge in [0.25, 0.3) is 0 Å². The minimum absolute atomic E-state index is 0.0447. The maximum Gasteiger partial charge on any atom is 0.322 e. The van der Waals surface area contributed by atoms with E-state index >= 15 is 0 Å². The van der Waals surface area contributed by atoms with Gasteiger partial charge in [-0.3, -0.25) is 9.59 Å². The molecule has 2 aliphatic rings. The zero-order valence-corrected chi connectivity index (χ0v) is 15.1. The molecule has 4 nitrogen and oxygen atoms in total. The second-order valence-electron chi connectivity index (χ2n) is 8.09. The average molecular weight is 329 g/mol. The topological polar surface area (TPSA) is 46.6 Å². The Kier molecular flexibility index (Phi) is 4.18. The first kappa shape index (κ1) is 17.0. The van der Waals surface area contributed by atoms with Gasteiger partial charge in [-0.15, -0.1) is 0 Å². The maximum atomic E-state index is 13.0. The van der Waals surface area contributed by atoms with Crippen LogP contribution in [0.3, 0.4) is 0 Å². The number of likely N-dealkylation sites (tertiary alicyclic amines) is 1. The van der Waals surface area contributed by atoms with Crippen LogP contribution in [-0.2, 0) is 19.7 Å². The van der Waals surface area contributed by atoms with E-state index in [9.17, 15) is 9.59 Å². The standard InChI is InChI=1S/C20H27NO3/c1-19(2,3)15-9-7-14(8-10-15)16-13-20(16,18(23)24-4)17(22)21-11-5-6-12-21/h7-10,16H,5-6,11-13H2,1-4H3/t16-,20+/m1/s1. The smallest absolute Gasteiger partial charge is 0.322 e. The SMILES string of the molecule is COC(=O)[C@@]1(C(=O)N2CCCC2)C[C@@H]1c1ccc(C(C)(C)C)cc1. The van der Waals surface area contributed by atoms with Gasteiger partial charge in [0.2, 0.25) is 5.91 Å². The highest BCUT2D eigenvalue weighted by atomic mass is 16.5. The lowest BCUT2D eigenvalue weighted by atomic mass is 9.86. The van der Waals surface area contributed by atoms with Gasteiger partial charge in [0, 0.05) is 19.0 Å². The van der Waals surface area contributed by atoms with Crippen LogP contribution < -0.4 is 0 Å². The highest BCUT2D eigenvalue weighted by Crippen LogP contribution is 2.61. The number of nitrogens with zero attached hydrogens (tertiary/aromatic N) is 1. The first-order valence-electron chi connectivity index (χ1n) is 8.79. The molecular formula is C20H27NO3. The molecule has 1 aromatic rings. The summed E-state index contributed by atoms with van der Waals surface area (Å²) in [7, 11) is 1.37. The average Bonchev–Trinajstić information content (AvgIpc) is 3.08. The molecule has 1 amide bonds. The fourth-order valence-electron chi connectivity index (χ4n) is 3.81. The number of hydrogen-bond acceptors (Lipinski definition) is 3. The van der Waals surface area contributed by atoms with E-state index in [1.54, 1.807) is 0 Å². The highest BCUT2D eigenvalue weighted by molar-refractivity contribution is 6.07. The van der Waals surface area contributed by atoms with Crippen molar-refractivity contribution in [2.75, 3.05) is 20.2 Å². The summed E-state index contributed by atoms with van der Waals surface area (Å²) in [6.45, 7) is 8.04. The Bertz CT molecular complexity index is 638. The highest BCUT2D eigenvalue weighted by Gasteiger charge is 2.68. The Hall–Kier alpha value is -1.84. The van der Waals surface area contributed by atoms with Crippen LogP contribution >= 0.6 is 0 Å². The number of rotatable bonds is 3. The first-order valence-corrected chi connectivity index (χ1v) is 8.79. The minimum Gasteiger partial charge on any atom is -0.468 e. The number of carbonyl (C=O) groups excluding carboxylic acids is 2. The molecule has 1 aromatic carbocycles. The minimum atomic E-state index is -0.998. The molecule has 130 valence electrons. The lowest BCUT2D eigenvalue weighted by Gasteiger charge is -2.23. The van der Waals surface area contributed by atoms with E-state index in [0.29, 0.717) is 6.42 Å². The van der Waals surface area contributed by atoms with Gasteiger partial charge in [-0.25, -0.2) is 0 Å². The van der Waals surface area contributed by atoms with Gasteiger partial charge in [-0.1, -0.05) is 45.0 Å². The molecule has 3 rings (SSSR count). The second-order valence-corrected chi connectivity index (χ2v) is 8.09. The van der Waals surface area contributed by atoms with Crippen molar-refractivity contribution >= 4 is 11.9 Å². The van der Waals surface area contributed by atoms with Crippen LogP contribution in [0.2, 0.25) is 0 Å². The van der Waals surface area contributed by atoms with Crippen molar-refractivity contribution in [3.8, 4) is 0 Å². The molecule has 2 atom stereocenters. The van der Waals surface area contributed by atoms with E-state index in [1.165, 1.54) is 12.7 Å². The zero-order chi connectivity index (χ0) is 17.5. The van der Waals surface area contributed by atoms with Gasteiger partial charge >= 0.3 is 5.97 Å². The van der Waals surface area contributed by atoms with Crippen LogP contribution in [0, 0.1) is 5.41 Å². The maximum absolute atomic E-state index is 13.0. The van der Waals surface area contributed by atoms with E-state index < -0.39 is 5.41 Å². The van der Waals surface area contributed by atoms with Crippen LogP contribution in [-0.4, -0.2) is 37.0 Å². The van der Waals surface area contributed by atoms with Gasteiger partial charge in [0.05, 0.1) is 7.11 Å². The van der Waals surface area contributed by atoms with Crippen molar-refractivity contribution in [3.05, 3.63) is 35.4 Å². The van der Waals surface area contributed by atoms with Crippen molar-refractivity contribution in [1.82, 2.24) is 4.90 Å². The molecule has 2 fully saturated rings. The Morgan fingerprint density at radius 2 is 1.71 bits per heavy atom. The van der Waals surface area contributed by atoms with Gasteiger partial charge in [0.1, 0.15) is 0 Å². The molecule has 0 radical (unpaired) electrons. The molecule has 1 saturated carbocycles. The predicted octanol–water partition coefficient (Wildman–Crippen LogP) is 3.25. The summed E-state index contributed by atoms with van der Waals surface area (Å²) in [5, 5.41) is 0. The van der Waals surface area contributed by atoms with Gasteiger partial charge < -0.3 is 9.64 Å². The van der Waals surface area contributed by atoms with Crippen molar-refractivity contribution < 1.29 is 14.3 Å². The molecular weight excluding hydrogens is 302 g/mol. The zero-order valence-electron chi connectivity index (χ0n) is 15.1. The summed E-state index contributed by atoms with van der Waals surface area (Å²) in [6, 6.07) is 8.34. The summed E-state index contributed by atoms with van der Waals surface area (Å²) in [6.07, 6.45) is 2.60. The van der Waals surface area contributed by atoms with Crippen LogP contribution in [0.1, 0.15) is 57.1 Å². The van der Waals surface area contributed by atoms with E-state index in [4.69, 9.17) is 4.74 Å². The van der Waals surface area contributed by atoms with E-state index in [2.05, 4.69) is 45.0 Å². The molecule has 0 N–H and O–H groups in total. The normalized spacial score (nSPS) is 26.3. The number of benzene rings is 1. The number of methoxy groups -OCH3 is 1. The largest absolute Gasteiger partial charge is 0.468 e. The Morgan fingerprint density at radius 3 is 2.21 bits per heavy atom. The third-order valence-electron chi connectivity index (χ3n) is 5.46. The summed E-state index contributed by atoms with van der Waals surface area (Å²) < 4.78 is 5.00. The summed E-state index contributed by atoms with van der Waals surface area (Å²) in [5.41, 5.74) is 1.40. The molecule has 24 heavy (non-hydrogen) atoms. The van der Waals surface area contributed by atoms with Crippen LogP contribution in [0.15, 0.2) is 24.3 Å². The third-order valence-corrected chi connectivity index (χ3v) is 5.46. The molecule has 0 unspecified atom stereocenters. The summed E-state index contributed by atoms with van der Waals surface area (Å²) in [4.78, 5) is 27.2. The molecule has 1 saturated heterocycles. The molecule has 4 heteroatoms. The summed E-state index contributed by atoms with van der Waals surface area (Å²) >= 11 is 0. The summed E-state index contributed by atoms with van der Waals surface area (Å²) in [5.74, 6) is -0.492. The van der Waals surface area contributed by atoms with Crippen molar-refractivity contribution in [2.45, 2.75) is 51.4 Å². The molecule has 0 spiro atoms. The van der Waals surface area contributed by atoms with E-state index in [0.717, 1.165) is 31.5 Å². The first-order chi connectivity index (χ1) is 11.3. The molecule has 1 heterocycles. The predicted molar refractivity (Wildman–Crippen MR) is 92.8 cm³/mol. The third kappa shape index (κ3) is 2.72. The lowest BCUT2D eigenvalue weighted by molar-refractivity contribution is -0.155. The number of amides is 1. The fourth-order valence-corrected chi connectivity index (χ4v) is 3.81. The van der Waals surface area contributed by atoms with Gasteiger partial charge in [0.15, 0.2) is 5.41 Å². The van der Waals surface area contributed by atoms with E-state index in [-0.39, 0.29) is 23.2 Å². The number of ether oxygens (including phenoxy) is 1. The number of hydrogen-bond donors (Lipinski definition) is 0. The second kappa shape index (κ2) is 5.91. The van der Waals surface area contributed by atoms with E-state index in [1.807, 2.05) is 4.90 Å². The fraction of sp³-hybridized carbons (Fsp3) is 0.600. The van der Waals surface area contributed by atoms with Gasteiger partial charge in [-0.05, 0) is 35.8 Å². The van der Waals surface area contributed by atoms with Gasteiger partial charge in [-0.2, -0.15) is 0 Å². The van der Waals surface area contributed by atoms with Crippen molar-refractivity contribution in [1.29, 1.82) is 0 Å². The van der Waals surface area contributed by atoms with Crippen molar-refractivity contribution in [2.24, 2.45) is 5.41 Å². The Balaban J connectivity index is 1.86. The molecule has 1 aliphatic carbocycles.